The lowest BCUT2D eigenvalue weighted by atomic mass is 10.2. The number of rotatable bonds is 4. The third kappa shape index (κ3) is 4.30. The molecule has 1 fully saturated rings. The van der Waals surface area contributed by atoms with Gasteiger partial charge in [-0.25, -0.2) is 0 Å². The van der Waals surface area contributed by atoms with E-state index in [0.29, 0.717) is 5.75 Å². The molecule has 118 valence electrons. The van der Waals surface area contributed by atoms with E-state index in [-0.39, 0.29) is 22.9 Å². The first kappa shape index (κ1) is 17.2. The molecule has 0 unspecified atom stereocenters. The molecule has 0 saturated carbocycles. The van der Waals surface area contributed by atoms with Crippen molar-refractivity contribution in [2.45, 2.75) is 20.0 Å². The fraction of sp³-hybridized carbons (Fsp3) is 0.571. The molecule has 0 radical (unpaired) electrons. The summed E-state index contributed by atoms with van der Waals surface area (Å²) >= 11 is 0. The third-order valence-corrected chi connectivity index (χ3v) is 3.36. The van der Waals surface area contributed by atoms with Crippen molar-refractivity contribution in [3.63, 3.8) is 0 Å². The van der Waals surface area contributed by atoms with Crippen LogP contribution in [-0.2, 0) is 0 Å². The van der Waals surface area contributed by atoms with E-state index < -0.39 is 0 Å². The number of ether oxygens (including phenoxy) is 1. The van der Waals surface area contributed by atoms with Crippen LogP contribution in [-0.4, -0.2) is 49.2 Å². The summed E-state index contributed by atoms with van der Waals surface area (Å²) in [7, 11) is 2.10. The van der Waals surface area contributed by atoms with Crippen molar-refractivity contribution in [2.24, 2.45) is 0 Å². The number of hydrogen-bond donors (Lipinski definition) is 1. The monoisotopic (exact) mass is 296 g/mol. The Morgan fingerprint density at radius 2 is 1.86 bits per heavy atom. The summed E-state index contributed by atoms with van der Waals surface area (Å²) in [5.74, 6) is 0.596. The molecule has 1 aromatic carbocycles. The van der Waals surface area contributed by atoms with Crippen molar-refractivity contribution in [1.29, 1.82) is 0 Å². The van der Waals surface area contributed by atoms with E-state index in [1.807, 2.05) is 13.8 Å². The molecule has 0 aliphatic carbocycles. The van der Waals surface area contributed by atoms with Gasteiger partial charge in [-0.1, -0.05) is 0 Å². The van der Waals surface area contributed by atoms with E-state index >= 15 is 0 Å². The number of benzene rings is 1. The van der Waals surface area contributed by atoms with Gasteiger partial charge >= 0.3 is 0 Å². The average molecular weight is 296 g/mol. The molecule has 0 bridgehead atoms. The van der Waals surface area contributed by atoms with Crippen LogP contribution in [0.4, 0.5) is 11.4 Å². The molecule has 1 aliphatic heterocycles. The Kier molecular flexibility index (Phi) is 5.92. The molecule has 0 amide bonds. The zero-order chi connectivity index (χ0) is 14.7. The molecule has 3 N–H and O–H groups in total. The van der Waals surface area contributed by atoms with Crippen LogP contribution in [0.25, 0.3) is 0 Å². The molecule has 2 rings (SSSR count). The van der Waals surface area contributed by atoms with Crippen molar-refractivity contribution in [1.82, 2.24) is 11.1 Å². The second-order valence-electron chi connectivity index (χ2n) is 5.37. The average Bonchev–Trinajstić information content (AvgIpc) is 2.39. The van der Waals surface area contributed by atoms with Crippen LogP contribution in [0.5, 0.6) is 5.75 Å². The number of hydrogen-bond acceptors (Lipinski definition) is 6. The second-order valence-corrected chi connectivity index (χ2v) is 5.37. The van der Waals surface area contributed by atoms with Crippen molar-refractivity contribution in [3.8, 4) is 5.75 Å². The smallest absolute Gasteiger partial charge is 0.273 e. The Labute approximate surface area is 125 Å². The van der Waals surface area contributed by atoms with Gasteiger partial charge in [0.25, 0.3) is 5.69 Å². The highest BCUT2D eigenvalue weighted by Gasteiger charge is 2.20. The minimum Gasteiger partial charge on any atom is -0.489 e. The Balaban J connectivity index is 0.00000220. The van der Waals surface area contributed by atoms with Gasteiger partial charge in [-0.3, -0.25) is 10.1 Å². The molecule has 1 aromatic rings. The maximum Gasteiger partial charge on any atom is 0.273 e. The molecule has 7 nitrogen and oxygen atoms in total. The van der Waals surface area contributed by atoms with Crippen LogP contribution < -0.4 is 15.8 Å². The molecule has 1 aliphatic rings. The Morgan fingerprint density at radius 1 is 1.24 bits per heavy atom. The number of nitrogens with zero attached hydrogens (tertiary/aromatic N) is 3. The number of nitro benzene ring substituents is 1. The first-order valence-corrected chi connectivity index (χ1v) is 6.86. The van der Waals surface area contributed by atoms with Crippen molar-refractivity contribution in [3.05, 3.63) is 28.3 Å². The van der Waals surface area contributed by atoms with E-state index in [1.54, 1.807) is 12.1 Å². The topological polar surface area (TPSA) is 93.9 Å². The maximum atomic E-state index is 10.9. The normalized spacial score (nSPS) is 15.7. The zero-order valence-electron chi connectivity index (χ0n) is 12.9. The van der Waals surface area contributed by atoms with Gasteiger partial charge < -0.3 is 20.7 Å². The van der Waals surface area contributed by atoms with Gasteiger partial charge in [0.15, 0.2) is 0 Å². The molecule has 0 atom stereocenters. The van der Waals surface area contributed by atoms with E-state index in [2.05, 4.69) is 16.8 Å². The summed E-state index contributed by atoms with van der Waals surface area (Å²) in [6.45, 7) is 7.63. The third-order valence-electron chi connectivity index (χ3n) is 3.36. The van der Waals surface area contributed by atoms with E-state index in [0.717, 1.165) is 31.9 Å². The van der Waals surface area contributed by atoms with Crippen LogP contribution in [0.3, 0.4) is 0 Å². The summed E-state index contributed by atoms with van der Waals surface area (Å²) in [6.07, 6.45) is -0.0109. The Hall–Kier alpha value is -1.86. The number of anilines is 1. The van der Waals surface area contributed by atoms with Gasteiger partial charge in [0, 0.05) is 32.2 Å². The van der Waals surface area contributed by atoms with Crippen LogP contribution >= 0.6 is 0 Å². The number of non-ortho nitro benzene ring substituents is 1. The van der Waals surface area contributed by atoms with Gasteiger partial charge in [0.2, 0.25) is 0 Å². The molecule has 1 heterocycles. The lowest BCUT2D eigenvalue weighted by Crippen LogP contribution is -2.44. The minimum absolute atomic E-state index is 0. The molecule has 0 spiro atoms. The highest BCUT2D eigenvalue weighted by Crippen LogP contribution is 2.33. The van der Waals surface area contributed by atoms with E-state index in [1.165, 1.54) is 6.07 Å². The summed E-state index contributed by atoms with van der Waals surface area (Å²) in [4.78, 5) is 15.0. The Bertz CT molecular complexity index is 485. The van der Waals surface area contributed by atoms with Crippen LogP contribution in [0.15, 0.2) is 18.2 Å². The fourth-order valence-corrected chi connectivity index (χ4v) is 2.27. The minimum atomic E-state index is -0.388. The lowest BCUT2D eigenvalue weighted by Gasteiger charge is -2.35. The zero-order valence-corrected chi connectivity index (χ0v) is 12.9. The van der Waals surface area contributed by atoms with Crippen LogP contribution in [0.2, 0.25) is 0 Å². The number of piperazine rings is 1. The summed E-state index contributed by atoms with van der Waals surface area (Å²) < 4.78 is 5.76. The SMILES string of the molecule is CC(C)Oc1cc([N+](=O)[O-])ccc1N1CCN(C)CC1.N. The molecule has 7 heteroatoms. The maximum absolute atomic E-state index is 10.9. The largest absolute Gasteiger partial charge is 0.489 e. The first-order valence-electron chi connectivity index (χ1n) is 6.86. The predicted molar refractivity (Wildman–Crippen MR) is 83.6 cm³/mol. The highest BCUT2D eigenvalue weighted by molar-refractivity contribution is 5.62. The Morgan fingerprint density at radius 3 is 2.38 bits per heavy atom. The molecular formula is C14H24N4O3. The van der Waals surface area contributed by atoms with E-state index in [9.17, 15) is 10.1 Å². The fourth-order valence-electron chi connectivity index (χ4n) is 2.27. The van der Waals surface area contributed by atoms with Gasteiger partial charge in [0.1, 0.15) is 5.75 Å². The van der Waals surface area contributed by atoms with Gasteiger partial charge in [-0.2, -0.15) is 0 Å². The van der Waals surface area contributed by atoms with Crippen molar-refractivity contribution < 1.29 is 9.66 Å². The summed E-state index contributed by atoms with van der Waals surface area (Å²) in [5, 5.41) is 10.9. The molecule has 0 aromatic heterocycles. The van der Waals surface area contributed by atoms with E-state index in [4.69, 9.17) is 4.74 Å². The van der Waals surface area contributed by atoms with Crippen LogP contribution in [0.1, 0.15) is 13.8 Å². The predicted octanol–water partition coefficient (Wildman–Crippen LogP) is 2.30. The molecular weight excluding hydrogens is 272 g/mol. The number of nitro groups is 1. The summed E-state index contributed by atoms with van der Waals surface area (Å²) in [6, 6.07) is 4.86. The quantitative estimate of drug-likeness (QED) is 0.676. The molecule has 1 saturated heterocycles. The standard InChI is InChI=1S/C14H21N3O3.H3N/c1-11(2)20-14-10-12(17(18)19)4-5-13(14)16-8-6-15(3)7-9-16;/h4-5,10-11H,6-9H2,1-3H3;1H3. The van der Waals surface area contributed by atoms with Crippen molar-refractivity contribution in [2.75, 3.05) is 38.1 Å². The van der Waals surface area contributed by atoms with Crippen molar-refractivity contribution >= 4 is 11.4 Å². The number of likely N-dealkylation sites (N-methyl/N-ethyl adjacent to an activating group) is 1. The first-order chi connectivity index (χ1) is 9.47. The van der Waals surface area contributed by atoms with Gasteiger partial charge in [0.05, 0.1) is 22.8 Å². The lowest BCUT2D eigenvalue weighted by molar-refractivity contribution is -0.384. The second kappa shape index (κ2) is 7.24. The molecule has 21 heavy (non-hydrogen) atoms. The summed E-state index contributed by atoms with van der Waals surface area (Å²) in [5.41, 5.74) is 1.01. The highest BCUT2D eigenvalue weighted by atomic mass is 16.6. The van der Waals surface area contributed by atoms with Crippen LogP contribution in [0, 0.1) is 10.1 Å². The van der Waals surface area contributed by atoms with Gasteiger partial charge in [-0.15, -0.1) is 0 Å². The van der Waals surface area contributed by atoms with Gasteiger partial charge in [-0.05, 0) is 27.0 Å².